The van der Waals surface area contributed by atoms with E-state index in [0.29, 0.717) is 19.4 Å². The van der Waals surface area contributed by atoms with E-state index >= 15 is 0 Å². The highest BCUT2D eigenvalue weighted by Gasteiger charge is 2.40. The van der Waals surface area contributed by atoms with Gasteiger partial charge >= 0.3 is 5.97 Å². The highest BCUT2D eigenvalue weighted by Crippen LogP contribution is 2.31. The van der Waals surface area contributed by atoms with Crippen LogP contribution in [0.4, 0.5) is 0 Å². The van der Waals surface area contributed by atoms with Crippen LogP contribution in [0.25, 0.3) is 0 Å². The maximum atomic E-state index is 10.9. The summed E-state index contributed by atoms with van der Waals surface area (Å²) in [6, 6.07) is 9.84. The van der Waals surface area contributed by atoms with Gasteiger partial charge in [-0.15, -0.1) is 6.42 Å². The Balaban J connectivity index is 1.84. The first-order valence-electron chi connectivity index (χ1n) is 6.58. The monoisotopic (exact) mass is 274 g/mol. The molecule has 0 amide bonds. The maximum absolute atomic E-state index is 10.9. The van der Waals surface area contributed by atoms with Gasteiger partial charge in [0.2, 0.25) is 6.29 Å². The number of esters is 1. The molecule has 1 aliphatic heterocycles. The minimum absolute atomic E-state index is 0.288. The molecule has 1 aliphatic rings. The van der Waals surface area contributed by atoms with Crippen molar-refractivity contribution >= 4 is 5.97 Å². The van der Waals surface area contributed by atoms with Crippen LogP contribution in [0.1, 0.15) is 25.3 Å². The van der Waals surface area contributed by atoms with Gasteiger partial charge in [0.05, 0.1) is 13.2 Å². The van der Waals surface area contributed by atoms with E-state index in [0.717, 1.165) is 5.56 Å². The number of rotatable bonds is 5. The highest BCUT2D eigenvalue weighted by molar-refractivity contribution is 5.66. The molecule has 2 rings (SSSR count). The van der Waals surface area contributed by atoms with Gasteiger partial charge in [-0.05, 0) is 12.0 Å². The summed E-state index contributed by atoms with van der Waals surface area (Å²) < 4.78 is 16.3. The Morgan fingerprint density at radius 1 is 1.50 bits per heavy atom. The van der Waals surface area contributed by atoms with Crippen LogP contribution >= 0.6 is 0 Å². The number of terminal acetylenes is 1. The molecule has 0 aliphatic carbocycles. The molecule has 1 saturated heterocycles. The zero-order valence-electron chi connectivity index (χ0n) is 11.5. The summed E-state index contributed by atoms with van der Waals surface area (Å²) in [6.07, 6.45) is 6.20. The highest BCUT2D eigenvalue weighted by atomic mass is 16.7. The lowest BCUT2D eigenvalue weighted by Gasteiger charge is -2.23. The van der Waals surface area contributed by atoms with Crippen molar-refractivity contribution in [1.82, 2.24) is 0 Å². The summed E-state index contributed by atoms with van der Waals surface area (Å²) in [5, 5.41) is 0. The largest absolute Gasteiger partial charge is 0.436 e. The zero-order valence-corrected chi connectivity index (χ0v) is 11.5. The molecular formula is C16H18O4. The van der Waals surface area contributed by atoms with E-state index in [1.807, 2.05) is 30.3 Å². The minimum Gasteiger partial charge on any atom is -0.436 e. The fraction of sp³-hybridized carbons (Fsp3) is 0.438. The van der Waals surface area contributed by atoms with Gasteiger partial charge in [0.15, 0.2) is 5.60 Å². The molecule has 0 aromatic heterocycles. The lowest BCUT2D eigenvalue weighted by Crippen LogP contribution is -2.34. The molecule has 2 unspecified atom stereocenters. The van der Waals surface area contributed by atoms with Gasteiger partial charge in [-0.25, -0.2) is 0 Å². The molecule has 0 bridgehead atoms. The van der Waals surface area contributed by atoms with Gasteiger partial charge in [0, 0.05) is 13.3 Å². The third kappa shape index (κ3) is 3.83. The first-order valence-corrected chi connectivity index (χ1v) is 6.58. The smallest absolute Gasteiger partial charge is 0.304 e. The van der Waals surface area contributed by atoms with Crippen molar-refractivity contribution in [1.29, 1.82) is 0 Å². The van der Waals surface area contributed by atoms with Crippen LogP contribution in [-0.2, 0) is 25.6 Å². The fourth-order valence-electron chi connectivity index (χ4n) is 2.15. The molecule has 0 saturated carbocycles. The van der Waals surface area contributed by atoms with E-state index in [-0.39, 0.29) is 12.6 Å². The Hall–Kier alpha value is -1.83. The van der Waals surface area contributed by atoms with E-state index in [4.69, 9.17) is 20.6 Å². The number of benzene rings is 1. The summed E-state index contributed by atoms with van der Waals surface area (Å²) in [5.74, 6) is 2.26. The van der Waals surface area contributed by atoms with Crippen molar-refractivity contribution in [2.45, 2.75) is 38.3 Å². The quantitative estimate of drug-likeness (QED) is 0.610. The molecule has 2 atom stereocenters. The van der Waals surface area contributed by atoms with Gasteiger partial charge in [0.1, 0.15) is 0 Å². The normalized spacial score (nSPS) is 25.1. The lowest BCUT2D eigenvalue weighted by molar-refractivity contribution is -0.184. The number of hydrogen-bond donors (Lipinski definition) is 0. The van der Waals surface area contributed by atoms with Gasteiger partial charge in [-0.1, -0.05) is 36.3 Å². The number of carbonyl (C=O) groups is 1. The van der Waals surface area contributed by atoms with Crippen molar-refractivity contribution in [3.63, 3.8) is 0 Å². The summed E-state index contributed by atoms with van der Waals surface area (Å²) in [5.41, 5.74) is 0.281. The van der Waals surface area contributed by atoms with E-state index < -0.39 is 11.9 Å². The van der Waals surface area contributed by atoms with Crippen LogP contribution in [0.3, 0.4) is 0 Å². The first kappa shape index (κ1) is 14.6. The van der Waals surface area contributed by atoms with Crippen molar-refractivity contribution in [2.24, 2.45) is 0 Å². The lowest BCUT2D eigenvalue weighted by atomic mass is 10.0. The molecule has 1 fully saturated rings. The molecule has 0 N–H and O–H groups in total. The second-order valence-corrected chi connectivity index (χ2v) is 4.81. The van der Waals surface area contributed by atoms with Crippen molar-refractivity contribution < 1.29 is 19.0 Å². The zero-order chi connectivity index (χ0) is 14.4. The number of ether oxygens (including phenoxy) is 3. The van der Waals surface area contributed by atoms with Gasteiger partial charge < -0.3 is 14.2 Å². The predicted molar refractivity (Wildman–Crippen MR) is 73.5 cm³/mol. The van der Waals surface area contributed by atoms with Crippen LogP contribution in [0.15, 0.2) is 30.3 Å². The number of hydrogen-bond acceptors (Lipinski definition) is 4. The summed E-state index contributed by atoms with van der Waals surface area (Å²) in [6.45, 7) is 2.12. The molecule has 1 heterocycles. The SMILES string of the molecule is C#CC1(COCc2ccccc2)CCC(OC(C)=O)O1. The molecule has 106 valence electrons. The van der Waals surface area contributed by atoms with E-state index in [9.17, 15) is 4.79 Å². The van der Waals surface area contributed by atoms with E-state index in [2.05, 4.69) is 5.92 Å². The second-order valence-electron chi connectivity index (χ2n) is 4.81. The second kappa shape index (κ2) is 6.56. The van der Waals surface area contributed by atoms with Gasteiger partial charge in [-0.2, -0.15) is 0 Å². The maximum Gasteiger partial charge on any atom is 0.304 e. The average molecular weight is 274 g/mol. The minimum atomic E-state index is -0.797. The molecule has 4 nitrogen and oxygen atoms in total. The third-order valence-corrected chi connectivity index (χ3v) is 3.15. The molecule has 0 spiro atoms. The van der Waals surface area contributed by atoms with Crippen LogP contribution in [0.5, 0.6) is 0 Å². The Bertz CT molecular complexity index is 491. The summed E-state index contributed by atoms with van der Waals surface area (Å²) in [7, 11) is 0. The molecule has 1 aromatic carbocycles. The molecule has 1 aromatic rings. The van der Waals surface area contributed by atoms with Crippen molar-refractivity contribution in [2.75, 3.05) is 6.61 Å². The standard InChI is InChI=1S/C16H18O4/c1-3-16(10-9-15(20-16)19-13(2)17)12-18-11-14-7-5-4-6-8-14/h1,4-8,15H,9-12H2,2H3. The first-order chi connectivity index (χ1) is 9.63. The Labute approximate surface area is 119 Å². The molecular weight excluding hydrogens is 256 g/mol. The Morgan fingerprint density at radius 2 is 2.25 bits per heavy atom. The van der Waals surface area contributed by atoms with Crippen LogP contribution < -0.4 is 0 Å². The summed E-state index contributed by atoms with van der Waals surface area (Å²) in [4.78, 5) is 10.9. The predicted octanol–water partition coefficient (Wildman–Crippen LogP) is 2.27. The third-order valence-electron chi connectivity index (χ3n) is 3.15. The molecule has 0 radical (unpaired) electrons. The number of carbonyl (C=O) groups excluding carboxylic acids is 1. The Kier molecular flexibility index (Phi) is 4.78. The van der Waals surface area contributed by atoms with E-state index in [1.165, 1.54) is 6.92 Å². The van der Waals surface area contributed by atoms with Crippen molar-refractivity contribution in [3.05, 3.63) is 35.9 Å². The van der Waals surface area contributed by atoms with Crippen LogP contribution in [0, 0.1) is 12.3 Å². The van der Waals surface area contributed by atoms with Crippen LogP contribution in [-0.4, -0.2) is 24.5 Å². The van der Waals surface area contributed by atoms with Gasteiger partial charge in [-0.3, -0.25) is 4.79 Å². The average Bonchev–Trinajstić information content (AvgIpc) is 2.83. The summed E-state index contributed by atoms with van der Waals surface area (Å²) >= 11 is 0. The Morgan fingerprint density at radius 3 is 2.90 bits per heavy atom. The van der Waals surface area contributed by atoms with Crippen molar-refractivity contribution in [3.8, 4) is 12.3 Å². The molecule has 4 heteroatoms. The van der Waals surface area contributed by atoms with Gasteiger partial charge in [0.25, 0.3) is 0 Å². The van der Waals surface area contributed by atoms with Crippen LogP contribution in [0.2, 0.25) is 0 Å². The van der Waals surface area contributed by atoms with E-state index in [1.54, 1.807) is 0 Å². The fourth-order valence-corrected chi connectivity index (χ4v) is 2.15. The molecule has 20 heavy (non-hydrogen) atoms. The topological polar surface area (TPSA) is 44.8 Å².